The van der Waals surface area contributed by atoms with E-state index in [1.807, 2.05) is 6.07 Å². The van der Waals surface area contributed by atoms with E-state index in [1.165, 1.54) is 12.3 Å². The molecule has 3 N–H and O–H groups in total. The fourth-order valence-corrected chi connectivity index (χ4v) is 1.90. The molecule has 0 atom stereocenters. The molecule has 80 valence electrons. The highest BCUT2D eigenvalue weighted by molar-refractivity contribution is 9.10. The Morgan fingerprint density at radius 3 is 2.88 bits per heavy atom. The predicted molar refractivity (Wildman–Crippen MR) is 61.9 cm³/mol. The zero-order valence-corrected chi connectivity index (χ0v) is 9.55. The van der Waals surface area contributed by atoms with Crippen LogP contribution in [0.1, 0.15) is 5.56 Å². The lowest BCUT2D eigenvalue weighted by atomic mass is 10.1. The van der Waals surface area contributed by atoms with E-state index in [9.17, 15) is 4.39 Å². The second kappa shape index (κ2) is 4.04. The van der Waals surface area contributed by atoms with Crippen molar-refractivity contribution in [3.8, 4) is 6.07 Å². The maximum absolute atomic E-state index is 13.7. The topological polar surface area (TPSA) is 74.7 Å². The number of aromatic nitrogens is 1. The molecule has 2 aromatic rings. The third kappa shape index (κ3) is 1.50. The van der Waals surface area contributed by atoms with Crippen LogP contribution in [0.25, 0.3) is 10.9 Å². The van der Waals surface area contributed by atoms with E-state index in [4.69, 9.17) is 11.1 Å². The molecule has 1 aromatic heterocycles. The Morgan fingerprint density at radius 2 is 2.25 bits per heavy atom. The Labute approximate surface area is 99.0 Å². The number of nitrogen functional groups attached to an aromatic ring is 1. The summed E-state index contributed by atoms with van der Waals surface area (Å²) in [7, 11) is 0. The quantitative estimate of drug-likeness (QED) is 0.621. The summed E-state index contributed by atoms with van der Waals surface area (Å²) >= 11 is 3.26. The molecule has 1 aromatic carbocycles. The van der Waals surface area contributed by atoms with Gasteiger partial charge in [0.25, 0.3) is 0 Å². The van der Waals surface area contributed by atoms with E-state index in [0.717, 1.165) is 0 Å². The van der Waals surface area contributed by atoms with Gasteiger partial charge in [0, 0.05) is 10.7 Å². The summed E-state index contributed by atoms with van der Waals surface area (Å²) in [6.45, 7) is 0. The number of rotatable bonds is 1. The molecule has 6 heteroatoms. The number of nitrogens with one attached hydrogen (secondary N) is 1. The lowest BCUT2D eigenvalue weighted by Crippen LogP contribution is -2.10. The van der Waals surface area contributed by atoms with Crippen LogP contribution in [0.4, 0.5) is 10.1 Å². The number of nitriles is 1. The van der Waals surface area contributed by atoms with E-state index >= 15 is 0 Å². The molecule has 0 unspecified atom stereocenters. The summed E-state index contributed by atoms with van der Waals surface area (Å²) in [5.74, 6) is 4.82. The van der Waals surface area contributed by atoms with E-state index in [1.54, 1.807) is 6.07 Å². The number of anilines is 1. The molecule has 2 rings (SSSR count). The minimum absolute atomic E-state index is 0.201. The standard InChI is InChI=1S/C10H6BrFN4/c11-6-1-2-7(12)8-9(16-14)5(3-13)4-15-10(6)8/h1-2,4H,14H2,(H,15,16). The first-order valence-corrected chi connectivity index (χ1v) is 5.11. The zero-order chi connectivity index (χ0) is 11.7. The maximum atomic E-state index is 13.7. The number of hydrogen-bond donors (Lipinski definition) is 2. The third-order valence-corrected chi connectivity index (χ3v) is 2.82. The van der Waals surface area contributed by atoms with Crippen molar-refractivity contribution in [2.24, 2.45) is 5.84 Å². The monoisotopic (exact) mass is 280 g/mol. The molecule has 0 saturated heterocycles. The van der Waals surface area contributed by atoms with Crippen LogP contribution in [0.15, 0.2) is 22.8 Å². The fraction of sp³-hybridized carbons (Fsp3) is 0. The predicted octanol–water partition coefficient (Wildman–Crippen LogP) is 2.29. The minimum Gasteiger partial charge on any atom is -0.322 e. The third-order valence-electron chi connectivity index (χ3n) is 2.18. The molecule has 1 heterocycles. The normalized spacial score (nSPS) is 10.1. The Morgan fingerprint density at radius 1 is 1.50 bits per heavy atom. The molecule has 16 heavy (non-hydrogen) atoms. The first kappa shape index (κ1) is 10.8. The van der Waals surface area contributed by atoms with Gasteiger partial charge in [-0.3, -0.25) is 10.8 Å². The summed E-state index contributed by atoms with van der Waals surface area (Å²) in [5, 5.41) is 9.05. The van der Waals surface area contributed by atoms with Gasteiger partial charge in [-0.25, -0.2) is 4.39 Å². The molecule has 0 saturated carbocycles. The average Bonchev–Trinajstić information content (AvgIpc) is 2.32. The minimum atomic E-state index is -0.476. The highest BCUT2D eigenvalue weighted by Crippen LogP contribution is 2.31. The van der Waals surface area contributed by atoms with Crippen molar-refractivity contribution >= 4 is 32.5 Å². The van der Waals surface area contributed by atoms with E-state index in [2.05, 4.69) is 26.3 Å². The fourth-order valence-electron chi connectivity index (χ4n) is 1.47. The lowest BCUT2D eigenvalue weighted by Gasteiger charge is -2.08. The van der Waals surface area contributed by atoms with Gasteiger partial charge in [0.1, 0.15) is 11.9 Å². The van der Waals surface area contributed by atoms with Gasteiger partial charge in [-0.05, 0) is 28.1 Å². The largest absolute Gasteiger partial charge is 0.322 e. The number of hydrogen-bond acceptors (Lipinski definition) is 4. The number of nitrogens with zero attached hydrogens (tertiary/aromatic N) is 2. The number of hydrazine groups is 1. The SMILES string of the molecule is N#Cc1cnc2c(Br)ccc(F)c2c1NN. The Balaban J connectivity index is 2.98. The van der Waals surface area contributed by atoms with Crippen molar-refractivity contribution in [3.05, 3.63) is 34.2 Å². The molecule has 0 spiro atoms. The van der Waals surface area contributed by atoms with Crippen LogP contribution in [-0.4, -0.2) is 4.98 Å². The lowest BCUT2D eigenvalue weighted by molar-refractivity contribution is 0.639. The molecular weight excluding hydrogens is 275 g/mol. The average molecular weight is 281 g/mol. The van der Waals surface area contributed by atoms with Gasteiger partial charge >= 0.3 is 0 Å². The molecule has 0 amide bonds. The maximum Gasteiger partial charge on any atom is 0.134 e. The molecule has 0 bridgehead atoms. The first-order valence-electron chi connectivity index (χ1n) is 4.32. The molecular formula is C10H6BrFN4. The Kier molecular flexibility index (Phi) is 2.73. The van der Waals surface area contributed by atoms with Crippen molar-refractivity contribution in [1.82, 2.24) is 4.98 Å². The van der Waals surface area contributed by atoms with Crippen molar-refractivity contribution in [2.45, 2.75) is 0 Å². The van der Waals surface area contributed by atoms with Crippen LogP contribution >= 0.6 is 15.9 Å². The van der Waals surface area contributed by atoms with Crippen molar-refractivity contribution in [1.29, 1.82) is 5.26 Å². The summed E-state index contributed by atoms with van der Waals surface area (Å²) in [6.07, 6.45) is 1.35. The second-order valence-corrected chi connectivity index (χ2v) is 3.91. The molecule has 0 radical (unpaired) electrons. The van der Waals surface area contributed by atoms with Crippen molar-refractivity contribution in [2.75, 3.05) is 5.43 Å². The van der Waals surface area contributed by atoms with Crippen LogP contribution < -0.4 is 11.3 Å². The number of halogens is 2. The second-order valence-electron chi connectivity index (χ2n) is 3.06. The highest BCUT2D eigenvalue weighted by Gasteiger charge is 2.13. The van der Waals surface area contributed by atoms with Crippen LogP contribution in [0.2, 0.25) is 0 Å². The molecule has 4 nitrogen and oxygen atoms in total. The number of pyridine rings is 1. The molecule has 0 aliphatic heterocycles. The Bertz CT molecular complexity index is 606. The van der Waals surface area contributed by atoms with E-state index < -0.39 is 5.82 Å². The van der Waals surface area contributed by atoms with Gasteiger partial charge in [0.15, 0.2) is 0 Å². The van der Waals surface area contributed by atoms with Crippen LogP contribution in [0, 0.1) is 17.1 Å². The van der Waals surface area contributed by atoms with Crippen LogP contribution in [0.3, 0.4) is 0 Å². The van der Waals surface area contributed by atoms with Crippen LogP contribution in [0.5, 0.6) is 0 Å². The van der Waals surface area contributed by atoms with Gasteiger partial charge in [-0.15, -0.1) is 0 Å². The van der Waals surface area contributed by atoms with Gasteiger partial charge in [0.05, 0.1) is 22.2 Å². The van der Waals surface area contributed by atoms with E-state index in [0.29, 0.717) is 9.99 Å². The van der Waals surface area contributed by atoms with Gasteiger partial charge in [-0.1, -0.05) is 0 Å². The zero-order valence-electron chi connectivity index (χ0n) is 7.96. The smallest absolute Gasteiger partial charge is 0.134 e. The number of fused-ring (bicyclic) bond motifs is 1. The molecule has 0 fully saturated rings. The first-order chi connectivity index (χ1) is 7.69. The summed E-state index contributed by atoms with van der Waals surface area (Å²) in [5.41, 5.74) is 3.20. The van der Waals surface area contributed by atoms with Gasteiger partial charge in [-0.2, -0.15) is 5.26 Å². The molecule has 0 aliphatic carbocycles. The number of benzene rings is 1. The van der Waals surface area contributed by atoms with Crippen molar-refractivity contribution in [3.63, 3.8) is 0 Å². The Hall–Kier alpha value is -1.71. The number of nitrogens with two attached hydrogens (primary N) is 1. The summed E-state index contributed by atoms with van der Waals surface area (Å²) in [6, 6.07) is 4.74. The highest BCUT2D eigenvalue weighted by atomic mass is 79.9. The van der Waals surface area contributed by atoms with E-state index in [-0.39, 0.29) is 16.6 Å². The van der Waals surface area contributed by atoms with Gasteiger partial charge in [0.2, 0.25) is 0 Å². The van der Waals surface area contributed by atoms with Crippen molar-refractivity contribution < 1.29 is 4.39 Å². The van der Waals surface area contributed by atoms with Gasteiger partial charge < -0.3 is 5.43 Å². The summed E-state index contributed by atoms with van der Waals surface area (Å²) in [4.78, 5) is 4.02. The molecule has 0 aliphatic rings. The summed E-state index contributed by atoms with van der Waals surface area (Å²) < 4.78 is 14.3. The van der Waals surface area contributed by atoms with Crippen LogP contribution in [-0.2, 0) is 0 Å².